The third-order valence-corrected chi connectivity index (χ3v) is 10.7. The number of nitrogens with two attached hydrogens (primary N) is 2. The number of halogens is 1. The Hall–Kier alpha value is -3.15. The van der Waals surface area contributed by atoms with Crippen molar-refractivity contribution in [2.45, 2.75) is 102 Å². The van der Waals surface area contributed by atoms with Gasteiger partial charge in [-0.15, -0.1) is 0 Å². The fraction of sp³-hybridized carbons (Fsp3) is 0.684. The van der Waals surface area contributed by atoms with Crippen molar-refractivity contribution in [1.29, 1.82) is 0 Å². The number of benzene rings is 1. The fourth-order valence-electron chi connectivity index (χ4n) is 7.00. The van der Waals surface area contributed by atoms with Gasteiger partial charge in [-0.3, -0.25) is 9.59 Å². The van der Waals surface area contributed by atoms with Crippen LogP contribution < -0.4 is 16.8 Å². The van der Waals surface area contributed by atoms with Crippen molar-refractivity contribution >= 4 is 35.1 Å². The molecular formula is C38H63ClN8O7. The first-order chi connectivity index (χ1) is 25.7. The van der Waals surface area contributed by atoms with Crippen LogP contribution in [0, 0.1) is 12.8 Å². The first-order valence-corrected chi connectivity index (χ1v) is 19.6. The number of carbonyl (C=O) groups is 2. The minimum Gasteiger partial charge on any atom is -0.394 e. The van der Waals surface area contributed by atoms with Gasteiger partial charge in [0.1, 0.15) is 18.3 Å². The molecule has 15 nitrogen and oxygen atoms in total. The highest BCUT2D eigenvalue weighted by atomic mass is 35.5. The second kappa shape index (κ2) is 23.0. The van der Waals surface area contributed by atoms with Gasteiger partial charge in [0.25, 0.3) is 5.91 Å². The van der Waals surface area contributed by atoms with Gasteiger partial charge in [-0.05, 0) is 76.2 Å². The van der Waals surface area contributed by atoms with Crippen LogP contribution in [0.3, 0.4) is 0 Å². The standard InChI is InChI=1S/C38H63ClN8O7/c1-4-5-6-9-16-46(23-29(49)33(52)34(53)30(50)24-48)17-10-13-31(51)47-18-14-28(15-19-47)45(3)22-26(20-27-12-8-7-11-25(27)2)21-42-38(54)32-36(40)44-37(41)35(39)43-32/h7-8,11-12,26,28-30,33-34,48-50,52-53H,4-6,9-10,13-24H2,1-3H3,(H,42,54)(H4,40,41,44). The zero-order chi connectivity index (χ0) is 39.8. The van der Waals surface area contributed by atoms with E-state index in [1.165, 1.54) is 11.1 Å². The Balaban J connectivity index is 1.53. The number of nitrogen functional groups attached to an aromatic ring is 2. The van der Waals surface area contributed by atoms with E-state index >= 15 is 0 Å². The predicted molar refractivity (Wildman–Crippen MR) is 210 cm³/mol. The highest BCUT2D eigenvalue weighted by molar-refractivity contribution is 6.31. The highest BCUT2D eigenvalue weighted by Crippen LogP contribution is 2.22. The molecule has 0 aliphatic carbocycles. The van der Waals surface area contributed by atoms with Crippen molar-refractivity contribution in [3.63, 3.8) is 0 Å². The maximum absolute atomic E-state index is 13.3. The van der Waals surface area contributed by atoms with E-state index < -0.39 is 36.9 Å². The van der Waals surface area contributed by atoms with Crippen molar-refractivity contribution in [1.82, 2.24) is 30.0 Å². The Bertz CT molecular complexity index is 1450. The molecule has 1 aromatic carbocycles. The number of nitrogens with zero attached hydrogens (tertiary/aromatic N) is 5. The van der Waals surface area contributed by atoms with Gasteiger partial charge in [0.15, 0.2) is 22.5 Å². The van der Waals surface area contributed by atoms with Gasteiger partial charge in [0.05, 0.1) is 12.7 Å². The van der Waals surface area contributed by atoms with E-state index in [1.54, 1.807) is 0 Å². The lowest BCUT2D eigenvalue weighted by Gasteiger charge is -2.38. The summed E-state index contributed by atoms with van der Waals surface area (Å²) in [4.78, 5) is 40.5. The van der Waals surface area contributed by atoms with Gasteiger partial charge in [0, 0.05) is 45.2 Å². The van der Waals surface area contributed by atoms with Crippen LogP contribution >= 0.6 is 11.6 Å². The van der Waals surface area contributed by atoms with Crippen molar-refractivity contribution in [2.75, 3.05) is 70.9 Å². The summed E-state index contributed by atoms with van der Waals surface area (Å²) in [6.45, 7) is 7.09. The van der Waals surface area contributed by atoms with Crippen LogP contribution in [-0.4, -0.2) is 152 Å². The summed E-state index contributed by atoms with van der Waals surface area (Å²) in [5.41, 5.74) is 13.9. The molecule has 0 saturated carbocycles. The monoisotopic (exact) mass is 778 g/mol. The number of aromatic nitrogens is 2. The molecule has 1 saturated heterocycles. The number of anilines is 2. The zero-order valence-corrected chi connectivity index (χ0v) is 32.9. The summed E-state index contributed by atoms with van der Waals surface area (Å²) >= 11 is 6.01. The summed E-state index contributed by atoms with van der Waals surface area (Å²) in [6, 6.07) is 8.45. The second-order valence-electron chi connectivity index (χ2n) is 14.7. The fourth-order valence-corrected chi connectivity index (χ4v) is 7.12. The molecule has 0 bridgehead atoms. The number of nitrogens with one attached hydrogen (secondary N) is 1. The van der Waals surface area contributed by atoms with Crippen molar-refractivity contribution in [3.8, 4) is 0 Å². The third-order valence-electron chi connectivity index (χ3n) is 10.4. The molecular weight excluding hydrogens is 716 g/mol. The van der Waals surface area contributed by atoms with Crippen LogP contribution in [0.15, 0.2) is 24.3 Å². The average Bonchev–Trinajstić information content (AvgIpc) is 3.16. The largest absolute Gasteiger partial charge is 0.394 e. The van der Waals surface area contributed by atoms with Crippen LogP contribution in [0.25, 0.3) is 0 Å². The first kappa shape index (κ1) is 45.2. The molecule has 2 amide bonds. The quantitative estimate of drug-likeness (QED) is 0.0743. The molecule has 2 aromatic rings. The minimum atomic E-state index is -1.68. The lowest BCUT2D eigenvalue weighted by molar-refractivity contribution is -0.133. The molecule has 0 spiro atoms. The molecule has 10 N–H and O–H groups in total. The molecule has 54 heavy (non-hydrogen) atoms. The van der Waals surface area contributed by atoms with Gasteiger partial charge in [-0.25, -0.2) is 9.97 Å². The number of aryl methyl sites for hydroxylation is 1. The second-order valence-corrected chi connectivity index (χ2v) is 15.0. The van der Waals surface area contributed by atoms with Crippen LogP contribution in [0.4, 0.5) is 11.6 Å². The molecule has 5 unspecified atom stereocenters. The van der Waals surface area contributed by atoms with E-state index in [1.807, 2.05) is 21.9 Å². The summed E-state index contributed by atoms with van der Waals surface area (Å²) in [6.07, 6.45) is 1.19. The normalized spacial score (nSPS) is 16.7. The molecule has 5 atom stereocenters. The summed E-state index contributed by atoms with van der Waals surface area (Å²) in [7, 11) is 2.09. The molecule has 1 aliphatic rings. The Labute approximate surface area is 324 Å². The van der Waals surface area contributed by atoms with Crippen LogP contribution in [0.1, 0.15) is 79.9 Å². The van der Waals surface area contributed by atoms with Crippen molar-refractivity contribution < 1.29 is 35.1 Å². The van der Waals surface area contributed by atoms with Crippen molar-refractivity contribution in [2.24, 2.45) is 5.92 Å². The van der Waals surface area contributed by atoms with E-state index in [4.69, 9.17) is 28.2 Å². The summed E-state index contributed by atoms with van der Waals surface area (Å²) in [5.74, 6) is -0.465. The van der Waals surface area contributed by atoms with Crippen LogP contribution in [-0.2, 0) is 11.2 Å². The molecule has 16 heteroatoms. The Morgan fingerprint density at radius 3 is 2.30 bits per heavy atom. The number of aliphatic hydroxyl groups is 5. The Morgan fingerprint density at radius 1 is 0.963 bits per heavy atom. The molecule has 2 heterocycles. The predicted octanol–water partition coefficient (Wildman–Crippen LogP) is 1.21. The van der Waals surface area contributed by atoms with Crippen LogP contribution in [0.5, 0.6) is 0 Å². The van der Waals surface area contributed by atoms with E-state index in [0.29, 0.717) is 52.1 Å². The molecule has 0 radical (unpaired) electrons. The third kappa shape index (κ3) is 14.2. The Morgan fingerprint density at radius 2 is 1.63 bits per heavy atom. The molecule has 304 valence electrons. The number of amides is 2. The van der Waals surface area contributed by atoms with Gasteiger partial charge >= 0.3 is 0 Å². The van der Waals surface area contributed by atoms with E-state index in [9.17, 15) is 30.0 Å². The Kier molecular flexibility index (Phi) is 19.3. The van der Waals surface area contributed by atoms with Crippen molar-refractivity contribution in [3.05, 3.63) is 46.2 Å². The lowest BCUT2D eigenvalue weighted by Crippen LogP contribution is -2.50. The van der Waals surface area contributed by atoms with Gasteiger partial charge < -0.3 is 57.0 Å². The number of aliphatic hydroxyl groups excluding tert-OH is 5. The number of hydrogen-bond acceptors (Lipinski definition) is 13. The topological polar surface area (TPSA) is 235 Å². The first-order valence-electron chi connectivity index (χ1n) is 19.2. The van der Waals surface area contributed by atoms with Gasteiger partial charge in [-0.2, -0.15) is 0 Å². The maximum atomic E-state index is 13.3. The average molecular weight is 779 g/mol. The van der Waals surface area contributed by atoms with Gasteiger partial charge in [-0.1, -0.05) is 62.1 Å². The maximum Gasteiger partial charge on any atom is 0.273 e. The van der Waals surface area contributed by atoms with Gasteiger partial charge in [0.2, 0.25) is 5.91 Å². The minimum absolute atomic E-state index is 0.0401. The van der Waals surface area contributed by atoms with E-state index in [2.05, 4.69) is 53.2 Å². The smallest absolute Gasteiger partial charge is 0.273 e. The number of likely N-dealkylation sites (tertiary alicyclic amines) is 1. The van der Waals surface area contributed by atoms with Crippen LogP contribution in [0.2, 0.25) is 5.15 Å². The number of hydrogen-bond donors (Lipinski definition) is 8. The summed E-state index contributed by atoms with van der Waals surface area (Å²) in [5, 5.41) is 52.7. The molecule has 3 rings (SSSR count). The molecule has 1 aromatic heterocycles. The number of carbonyl (C=O) groups excluding carboxylic acids is 2. The van der Waals surface area contributed by atoms with E-state index in [-0.39, 0.29) is 46.9 Å². The molecule has 1 fully saturated rings. The lowest BCUT2D eigenvalue weighted by atomic mass is 9.94. The number of piperidine rings is 1. The SMILES string of the molecule is CCCCCCN(CCCC(=O)N1CCC(N(C)CC(CNC(=O)c2nc(Cl)c(N)nc2N)Cc2ccccc2C)CC1)CC(O)C(O)C(O)C(O)CO. The van der Waals surface area contributed by atoms with E-state index in [0.717, 1.165) is 44.9 Å². The molecule has 1 aliphatic heterocycles. The summed E-state index contributed by atoms with van der Waals surface area (Å²) < 4.78 is 0. The number of unbranched alkanes of at least 4 members (excludes halogenated alkanes) is 3. The zero-order valence-electron chi connectivity index (χ0n) is 32.1. The number of rotatable bonds is 23. The highest BCUT2D eigenvalue weighted by Gasteiger charge is 2.31.